The molecule has 10 heteroatoms. The molecule has 178 valence electrons. The molecule has 2 heterocycles. The number of Topliss-reactive ketones (excluding diaryl/α,β-unsaturated/α-hetero) is 2. The zero-order valence-corrected chi connectivity index (χ0v) is 19.0. The van der Waals surface area contributed by atoms with Gasteiger partial charge < -0.3 is 4.74 Å². The van der Waals surface area contributed by atoms with Crippen molar-refractivity contribution in [2.45, 2.75) is 11.7 Å². The van der Waals surface area contributed by atoms with Gasteiger partial charge in [0.1, 0.15) is 0 Å². The molecule has 2 amide bonds. The van der Waals surface area contributed by atoms with Gasteiger partial charge in [0.05, 0.1) is 28.6 Å². The predicted molar refractivity (Wildman–Crippen MR) is 126 cm³/mol. The van der Waals surface area contributed by atoms with Gasteiger partial charge in [-0.3, -0.25) is 29.3 Å². The molecule has 6 rings (SSSR count). The van der Waals surface area contributed by atoms with Crippen LogP contribution in [0.25, 0.3) is 0 Å². The predicted octanol–water partition coefficient (Wildman–Crippen LogP) is 3.94. The fourth-order valence-electron chi connectivity index (χ4n) is 5.48. The van der Waals surface area contributed by atoms with E-state index in [9.17, 15) is 29.3 Å². The van der Waals surface area contributed by atoms with Gasteiger partial charge in [-0.15, -0.1) is 0 Å². The first-order chi connectivity index (χ1) is 17.3. The van der Waals surface area contributed by atoms with Crippen LogP contribution in [-0.2, 0) is 14.3 Å². The summed E-state index contributed by atoms with van der Waals surface area (Å²) in [4.78, 5) is 66.4. The van der Waals surface area contributed by atoms with Crippen molar-refractivity contribution in [2.24, 2.45) is 11.8 Å². The first-order valence-corrected chi connectivity index (χ1v) is 11.4. The molecule has 1 aliphatic carbocycles. The van der Waals surface area contributed by atoms with Gasteiger partial charge in [-0.1, -0.05) is 54.1 Å². The maximum absolute atomic E-state index is 13.8. The van der Waals surface area contributed by atoms with Gasteiger partial charge in [-0.05, 0) is 18.2 Å². The van der Waals surface area contributed by atoms with Crippen molar-refractivity contribution in [3.63, 3.8) is 0 Å². The summed E-state index contributed by atoms with van der Waals surface area (Å²) in [6, 6.07) is 17.6. The van der Waals surface area contributed by atoms with Crippen molar-refractivity contribution in [1.29, 1.82) is 0 Å². The van der Waals surface area contributed by atoms with E-state index < -0.39 is 51.8 Å². The van der Waals surface area contributed by atoms with Gasteiger partial charge in [-0.2, -0.15) is 0 Å². The summed E-state index contributed by atoms with van der Waals surface area (Å²) in [6.45, 7) is 0. The average molecular weight is 503 g/mol. The fraction of sp³-hybridized carbons (Fsp3) is 0.154. The Labute approximate surface area is 208 Å². The lowest BCUT2D eigenvalue weighted by Gasteiger charge is -2.27. The Morgan fingerprint density at radius 3 is 2.00 bits per heavy atom. The molecule has 3 atom stereocenters. The molecule has 1 spiro atoms. The highest BCUT2D eigenvalue weighted by Crippen LogP contribution is 2.58. The topological polar surface area (TPSA) is 124 Å². The molecule has 0 aromatic heterocycles. The number of nitro groups is 1. The van der Waals surface area contributed by atoms with Crippen molar-refractivity contribution < 1.29 is 28.8 Å². The zero-order chi connectivity index (χ0) is 25.4. The van der Waals surface area contributed by atoms with E-state index in [0.29, 0.717) is 5.56 Å². The Morgan fingerprint density at radius 1 is 0.833 bits per heavy atom. The van der Waals surface area contributed by atoms with Gasteiger partial charge in [0.2, 0.25) is 29.0 Å². The molecule has 0 saturated carbocycles. The number of nitrogens with zero attached hydrogens (tertiary/aromatic N) is 2. The van der Waals surface area contributed by atoms with Crippen LogP contribution in [0.3, 0.4) is 0 Å². The molecule has 0 radical (unpaired) electrons. The van der Waals surface area contributed by atoms with Crippen LogP contribution < -0.4 is 4.90 Å². The summed E-state index contributed by atoms with van der Waals surface area (Å²) in [7, 11) is 0. The number of amides is 2. The normalized spacial score (nSPS) is 23.9. The van der Waals surface area contributed by atoms with Crippen LogP contribution in [0.1, 0.15) is 32.4 Å². The summed E-state index contributed by atoms with van der Waals surface area (Å²) < 4.78 is 6.19. The molecule has 2 fully saturated rings. The van der Waals surface area contributed by atoms with E-state index in [1.165, 1.54) is 36.4 Å². The minimum Gasteiger partial charge on any atom is -0.349 e. The van der Waals surface area contributed by atoms with Crippen LogP contribution in [-0.4, -0.2) is 33.9 Å². The first-order valence-electron chi connectivity index (χ1n) is 11.0. The van der Waals surface area contributed by atoms with Crippen molar-refractivity contribution in [2.75, 3.05) is 4.90 Å². The lowest BCUT2D eigenvalue weighted by atomic mass is 9.77. The second-order valence-corrected chi connectivity index (χ2v) is 9.20. The minimum atomic E-state index is -2.22. The van der Waals surface area contributed by atoms with Gasteiger partial charge in [-0.25, -0.2) is 4.90 Å². The Balaban J connectivity index is 1.53. The Bertz CT molecular complexity index is 1480. The monoisotopic (exact) mass is 502 g/mol. The van der Waals surface area contributed by atoms with Crippen LogP contribution in [0.15, 0.2) is 72.8 Å². The SMILES string of the molecule is O=C1[C@H]2[C@@H](C(=O)N1c1ccc([N+](=O)[O-])cc1)C1(O[C@H]2c2ccccc2Cl)C(=O)c2ccccc2C1=O. The third-order valence-corrected chi connectivity index (χ3v) is 7.39. The lowest BCUT2D eigenvalue weighted by Crippen LogP contribution is -2.51. The molecule has 2 aliphatic heterocycles. The second kappa shape index (κ2) is 7.64. The van der Waals surface area contributed by atoms with Crippen LogP contribution in [0, 0.1) is 22.0 Å². The summed E-state index contributed by atoms with van der Waals surface area (Å²) in [5.41, 5.74) is -1.74. The van der Waals surface area contributed by atoms with Crippen LogP contribution in [0.5, 0.6) is 0 Å². The van der Waals surface area contributed by atoms with E-state index in [0.717, 1.165) is 4.90 Å². The van der Waals surface area contributed by atoms with Crippen LogP contribution in [0.2, 0.25) is 5.02 Å². The third-order valence-electron chi connectivity index (χ3n) is 7.05. The van der Waals surface area contributed by atoms with E-state index in [1.807, 2.05) is 0 Å². The summed E-state index contributed by atoms with van der Waals surface area (Å²) >= 11 is 6.41. The number of rotatable bonds is 3. The van der Waals surface area contributed by atoms with Crippen LogP contribution >= 0.6 is 11.6 Å². The van der Waals surface area contributed by atoms with Crippen molar-refractivity contribution in [1.82, 2.24) is 0 Å². The fourth-order valence-corrected chi connectivity index (χ4v) is 5.73. The van der Waals surface area contributed by atoms with Crippen LogP contribution in [0.4, 0.5) is 11.4 Å². The zero-order valence-electron chi connectivity index (χ0n) is 18.3. The summed E-state index contributed by atoms with van der Waals surface area (Å²) in [5, 5.41) is 11.3. The van der Waals surface area contributed by atoms with Crippen molar-refractivity contribution in [3.8, 4) is 0 Å². The van der Waals surface area contributed by atoms with Crippen molar-refractivity contribution >= 4 is 46.4 Å². The maximum atomic E-state index is 13.8. The molecule has 3 aromatic carbocycles. The molecule has 2 saturated heterocycles. The number of anilines is 1. The number of hydrogen-bond acceptors (Lipinski definition) is 7. The highest BCUT2D eigenvalue weighted by molar-refractivity contribution is 6.37. The van der Waals surface area contributed by atoms with Gasteiger partial charge in [0.15, 0.2) is 0 Å². The number of benzene rings is 3. The largest absolute Gasteiger partial charge is 0.349 e. The average Bonchev–Trinajstić information content (AvgIpc) is 3.44. The maximum Gasteiger partial charge on any atom is 0.269 e. The quantitative estimate of drug-likeness (QED) is 0.230. The van der Waals surface area contributed by atoms with Gasteiger partial charge >= 0.3 is 0 Å². The van der Waals surface area contributed by atoms with E-state index in [1.54, 1.807) is 36.4 Å². The Kier molecular flexibility index (Phi) is 4.73. The van der Waals surface area contributed by atoms with E-state index >= 15 is 0 Å². The number of hydrogen-bond donors (Lipinski definition) is 0. The Hall–Kier alpha value is -4.21. The molecule has 3 aliphatic rings. The molecule has 3 aromatic rings. The smallest absolute Gasteiger partial charge is 0.269 e. The minimum absolute atomic E-state index is 0.0912. The highest BCUT2D eigenvalue weighted by atomic mass is 35.5. The lowest BCUT2D eigenvalue weighted by molar-refractivity contribution is -0.384. The molecule has 36 heavy (non-hydrogen) atoms. The standard InChI is InChI=1S/C26H15ClN2O7/c27-18-8-4-3-7-17(18)21-19-20(26(36-21)22(30)15-5-1-2-6-16(15)23(26)31)25(33)28(24(19)32)13-9-11-14(12-10-13)29(34)35/h1-12,19-21H/t19-,20-,21-/m0/s1. The molecular formula is C26H15ClN2O7. The molecule has 9 nitrogen and oxygen atoms in total. The molecule has 0 bridgehead atoms. The van der Waals surface area contributed by atoms with E-state index in [-0.39, 0.29) is 27.5 Å². The highest BCUT2D eigenvalue weighted by Gasteiger charge is 2.74. The molecule has 0 N–H and O–H groups in total. The number of ether oxygens (including phenoxy) is 1. The second-order valence-electron chi connectivity index (χ2n) is 8.79. The van der Waals surface area contributed by atoms with E-state index in [2.05, 4.69) is 0 Å². The first kappa shape index (κ1) is 22.3. The van der Waals surface area contributed by atoms with Gasteiger partial charge in [0, 0.05) is 33.8 Å². The van der Waals surface area contributed by atoms with E-state index in [4.69, 9.17) is 16.3 Å². The Morgan fingerprint density at radius 2 is 1.42 bits per heavy atom. The number of non-ortho nitro benzene ring substituents is 1. The number of halogens is 1. The van der Waals surface area contributed by atoms with Gasteiger partial charge in [0.25, 0.3) is 5.69 Å². The number of carbonyl (C=O) groups is 4. The number of fused-ring (bicyclic) bond motifs is 3. The summed E-state index contributed by atoms with van der Waals surface area (Å²) in [6.07, 6.45) is -1.15. The third kappa shape index (κ3) is 2.75. The number of imide groups is 1. The summed E-state index contributed by atoms with van der Waals surface area (Å²) in [5.74, 6) is -5.48. The number of carbonyl (C=O) groups excluding carboxylic acids is 4. The molecule has 0 unspecified atom stereocenters. The number of ketones is 2. The molecular weight excluding hydrogens is 488 g/mol. The van der Waals surface area contributed by atoms with Crippen molar-refractivity contribution in [3.05, 3.63) is 105 Å². The number of nitro benzene ring substituents is 1.